The SMILES string of the molecule is COc1ccc2c(C)cc(C)nc2c1OC.Cl. The molecule has 1 aromatic heterocycles. The van der Waals surface area contributed by atoms with E-state index in [1.54, 1.807) is 14.2 Å². The van der Waals surface area contributed by atoms with Crippen molar-refractivity contribution in [3.8, 4) is 11.5 Å². The van der Waals surface area contributed by atoms with Gasteiger partial charge in [-0.15, -0.1) is 12.4 Å². The molecular weight excluding hydrogens is 238 g/mol. The van der Waals surface area contributed by atoms with Crippen LogP contribution in [0, 0.1) is 13.8 Å². The van der Waals surface area contributed by atoms with E-state index >= 15 is 0 Å². The molecule has 0 spiro atoms. The Balaban J connectivity index is 0.00000144. The van der Waals surface area contributed by atoms with Crippen molar-refractivity contribution < 1.29 is 9.47 Å². The topological polar surface area (TPSA) is 31.4 Å². The number of rotatable bonds is 2. The maximum absolute atomic E-state index is 5.37. The number of nitrogens with zero attached hydrogens (tertiary/aromatic N) is 1. The predicted molar refractivity (Wildman–Crippen MR) is 71.6 cm³/mol. The average molecular weight is 254 g/mol. The number of hydrogen-bond acceptors (Lipinski definition) is 3. The summed E-state index contributed by atoms with van der Waals surface area (Å²) in [6.45, 7) is 4.05. The largest absolute Gasteiger partial charge is 0.493 e. The molecule has 17 heavy (non-hydrogen) atoms. The Morgan fingerprint density at radius 3 is 2.35 bits per heavy atom. The first kappa shape index (κ1) is 13.6. The van der Waals surface area contributed by atoms with Crippen LogP contribution in [0.25, 0.3) is 10.9 Å². The highest BCUT2D eigenvalue weighted by Gasteiger charge is 2.11. The molecule has 0 saturated carbocycles. The van der Waals surface area contributed by atoms with Crippen LogP contribution in [0.1, 0.15) is 11.3 Å². The van der Waals surface area contributed by atoms with Gasteiger partial charge in [0.15, 0.2) is 11.5 Å². The van der Waals surface area contributed by atoms with Gasteiger partial charge < -0.3 is 9.47 Å². The van der Waals surface area contributed by atoms with Crippen molar-refractivity contribution in [3.05, 3.63) is 29.5 Å². The summed E-state index contributed by atoms with van der Waals surface area (Å²) in [5.41, 5.74) is 3.04. The number of halogens is 1. The van der Waals surface area contributed by atoms with Crippen molar-refractivity contribution in [2.45, 2.75) is 13.8 Å². The van der Waals surface area contributed by atoms with Gasteiger partial charge in [-0.2, -0.15) is 0 Å². The Labute approximate surface area is 107 Å². The van der Waals surface area contributed by atoms with E-state index in [9.17, 15) is 0 Å². The standard InChI is InChI=1S/C13H15NO2.ClH/c1-8-7-9(2)14-12-10(8)5-6-11(15-3)13(12)16-4;/h5-7H,1-4H3;1H. The molecule has 0 aliphatic rings. The molecule has 0 saturated heterocycles. The highest BCUT2D eigenvalue weighted by atomic mass is 35.5. The summed E-state index contributed by atoms with van der Waals surface area (Å²) in [7, 11) is 3.27. The van der Waals surface area contributed by atoms with Crippen molar-refractivity contribution in [3.63, 3.8) is 0 Å². The molecule has 2 rings (SSSR count). The van der Waals surface area contributed by atoms with Crippen molar-refractivity contribution in [1.82, 2.24) is 4.98 Å². The second-order valence-electron chi connectivity index (χ2n) is 3.78. The molecular formula is C13H16ClNO2. The first-order chi connectivity index (χ1) is 7.67. The molecule has 3 nitrogen and oxygen atoms in total. The molecule has 4 heteroatoms. The van der Waals surface area contributed by atoms with E-state index in [2.05, 4.69) is 18.0 Å². The molecule has 0 aliphatic carbocycles. The van der Waals surface area contributed by atoms with Crippen molar-refractivity contribution in [2.24, 2.45) is 0 Å². The zero-order chi connectivity index (χ0) is 11.7. The summed E-state index contributed by atoms with van der Waals surface area (Å²) >= 11 is 0. The Morgan fingerprint density at radius 1 is 1.06 bits per heavy atom. The summed E-state index contributed by atoms with van der Waals surface area (Å²) < 4.78 is 10.6. The fourth-order valence-corrected chi connectivity index (χ4v) is 1.94. The summed E-state index contributed by atoms with van der Waals surface area (Å²) in [5.74, 6) is 1.42. The van der Waals surface area contributed by atoms with E-state index in [0.717, 1.165) is 16.6 Å². The number of fused-ring (bicyclic) bond motifs is 1. The third kappa shape index (κ3) is 2.29. The van der Waals surface area contributed by atoms with E-state index in [1.165, 1.54) is 5.56 Å². The molecule has 1 aromatic carbocycles. The minimum Gasteiger partial charge on any atom is -0.493 e. The quantitative estimate of drug-likeness (QED) is 0.823. The molecule has 0 unspecified atom stereocenters. The van der Waals surface area contributed by atoms with Gasteiger partial charge >= 0.3 is 0 Å². The highest BCUT2D eigenvalue weighted by molar-refractivity contribution is 5.89. The van der Waals surface area contributed by atoms with Gasteiger partial charge in [0.25, 0.3) is 0 Å². The van der Waals surface area contributed by atoms with Gasteiger partial charge in [0.05, 0.1) is 14.2 Å². The minimum absolute atomic E-state index is 0. The second kappa shape index (κ2) is 5.23. The molecule has 1 heterocycles. The third-order valence-corrected chi connectivity index (χ3v) is 2.66. The van der Waals surface area contributed by atoms with E-state index in [-0.39, 0.29) is 12.4 Å². The van der Waals surface area contributed by atoms with E-state index < -0.39 is 0 Å². The number of aromatic nitrogens is 1. The highest BCUT2D eigenvalue weighted by Crippen LogP contribution is 2.35. The van der Waals surface area contributed by atoms with Gasteiger partial charge in [-0.25, -0.2) is 4.98 Å². The number of benzene rings is 1. The molecule has 0 radical (unpaired) electrons. The fraction of sp³-hybridized carbons (Fsp3) is 0.308. The van der Waals surface area contributed by atoms with E-state index in [1.807, 2.05) is 19.1 Å². The van der Waals surface area contributed by atoms with Crippen LogP contribution < -0.4 is 9.47 Å². The first-order valence-electron chi connectivity index (χ1n) is 5.16. The maximum atomic E-state index is 5.37. The fourth-order valence-electron chi connectivity index (χ4n) is 1.94. The van der Waals surface area contributed by atoms with Crippen LogP contribution in [0.15, 0.2) is 18.2 Å². The molecule has 0 aliphatic heterocycles. The lowest BCUT2D eigenvalue weighted by Gasteiger charge is -2.11. The third-order valence-electron chi connectivity index (χ3n) is 2.66. The normalized spacial score (nSPS) is 9.88. The Kier molecular flexibility index (Phi) is 4.18. The average Bonchev–Trinajstić information content (AvgIpc) is 2.27. The molecule has 2 aromatic rings. The first-order valence-corrected chi connectivity index (χ1v) is 5.16. The van der Waals surface area contributed by atoms with Crippen molar-refractivity contribution >= 4 is 23.3 Å². The smallest absolute Gasteiger partial charge is 0.187 e. The predicted octanol–water partition coefficient (Wildman–Crippen LogP) is 3.29. The molecule has 0 atom stereocenters. The van der Waals surface area contributed by atoms with E-state index in [0.29, 0.717) is 11.5 Å². The minimum atomic E-state index is 0. The Bertz CT molecular complexity index is 540. The molecule has 92 valence electrons. The molecule has 0 N–H and O–H groups in total. The van der Waals surface area contributed by atoms with Crippen molar-refractivity contribution in [2.75, 3.05) is 14.2 Å². The van der Waals surface area contributed by atoms with Crippen molar-refractivity contribution in [1.29, 1.82) is 0 Å². The van der Waals surface area contributed by atoms with Crippen LogP contribution in [0.4, 0.5) is 0 Å². The van der Waals surface area contributed by atoms with Gasteiger partial charge in [0.1, 0.15) is 5.52 Å². The Morgan fingerprint density at radius 2 is 1.76 bits per heavy atom. The summed E-state index contributed by atoms with van der Waals surface area (Å²) in [6, 6.07) is 5.98. The van der Waals surface area contributed by atoms with Crippen LogP contribution in [0.2, 0.25) is 0 Å². The van der Waals surface area contributed by atoms with Crippen LogP contribution in [0.3, 0.4) is 0 Å². The molecule has 0 amide bonds. The van der Waals surface area contributed by atoms with Gasteiger partial charge in [-0.05, 0) is 37.6 Å². The van der Waals surface area contributed by atoms with Gasteiger partial charge in [0.2, 0.25) is 0 Å². The number of pyridine rings is 1. The maximum Gasteiger partial charge on any atom is 0.187 e. The summed E-state index contributed by atoms with van der Waals surface area (Å²) in [5, 5.41) is 1.10. The summed E-state index contributed by atoms with van der Waals surface area (Å²) in [4.78, 5) is 4.51. The second-order valence-corrected chi connectivity index (χ2v) is 3.78. The van der Waals surface area contributed by atoms with Crippen LogP contribution in [0.5, 0.6) is 11.5 Å². The number of hydrogen-bond donors (Lipinski definition) is 0. The molecule has 0 bridgehead atoms. The number of methoxy groups -OCH3 is 2. The number of ether oxygens (including phenoxy) is 2. The van der Waals surface area contributed by atoms with Gasteiger partial charge in [-0.3, -0.25) is 0 Å². The molecule has 0 fully saturated rings. The zero-order valence-corrected chi connectivity index (χ0v) is 11.2. The Hall–Kier alpha value is -1.48. The van der Waals surface area contributed by atoms with E-state index in [4.69, 9.17) is 9.47 Å². The summed E-state index contributed by atoms with van der Waals surface area (Å²) in [6.07, 6.45) is 0. The van der Waals surface area contributed by atoms with Crippen LogP contribution >= 0.6 is 12.4 Å². The zero-order valence-electron chi connectivity index (χ0n) is 10.4. The lowest BCUT2D eigenvalue weighted by molar-refractivity contribution is 0.358. The monoisotopic (exact) mass is 253 g/mol. The van der Waals surface area contributed by atoms with Gasteiger partial charge in [-0.1, -0.05) is 0 Å². The van der Waals surface area contributed by atoms with Crippen LogP contribution in [-0.2, 0) is 0 Å². The van der Waals surface area contributed by atoms with Gasteiger partial charge in [0, 0.05) is 11.1 Å². The lowest BCUT2D eigenvalue weighted by atomic mass is 10.1. The van der Waals surface area contributed by atoms with Crippen LogP contribution in [-0.4, -0.2) is 19.2 Å². The lowest BCUT2D eigenvalue weighted by Crippen LogP contribution is -1.95. The number of aryl methyl sites for hydroxylation is 2.